The zero-order valence-electron chi connectivity index (χ0n) is 8.18. The molecule has 0 aromatic heterocycles. The Hall–Kier alpha value is 0.270. The van der Waals surface area contributed by atoms with E-state index in [0.29, 0.717) is 0 Å². The van der Waals surface area contributed by atoms with Crippen LogP contribution in [0, 0.1) is 0 Å². The van der Waals surface area contributed by atoms with E-state index < -0.39 is 0 Å². The third kappa shape index (κ3) is 3.33. The molecule has 1 rings (SSSR count). The van der Waals surface area contributed by atoms with Crippen molar-refractivity contribution in [3.8, 4) is 0 Å². The van der Waals surface area contributed by atoms with E-state index in [1.807, 2.05) is 11.8 Å². The van der Waals surface area contributed by atoms with E-state index >= 15 is 0 Å². The summed E-state index contributed by atoms with van der Waals surface area (Å²) in [5, 5.41) is 3.41. The fraction of sp³-hybridized carbons (Fsp3) is 1.00. The number of thioether (sulfide) groups is 1. The van der Waals surface area contributed by atoms with Crippen LogP contribution >= 0.6 is 11.8 Å². The molecule has 0 aliphatic carbocycles. The molecule has 0 radical (unpaired) electrons. The number of hydrogen-bond acceptors (Lipinski definition) is 3. The van der Waals surface area contributed by atoms with Crippen molar-refractivity contribution >= 4 is 11.8 Å². The SMILES string of the molecule is CCSCCN1CCNCC1C. The second-order valence-electron chi connectivity index (χ2n) is 3.29. The van der Waals surface area contributed by atoms with E-state index in [0.717, 1.165) is 12.6 Å². The van der Waals surface area contributed by atoms with Crippen molar-refractivity contribution in [1.82, 2.24) is 10.2 Å². The van der Waals surface area contributed by atoms with Gasteiger partial charge in [-0.05, 0) is 12.7 Å². The molecule has 12 heavy (non-hydrogen) atoms. The Morgan fingerprint density at radius 1 is 1.58 bits per heavy atom. The average Bonchev–Trinajstić information content (AvgIpc) is 2.09. The monoisotopic (exact) mass is 188 g/mol. The molecule has 1 aliphatic heterocycles. The second-order valence-corrected chi connectivity index (χ2v) is 4.68. The topological polar surface area (TPSA) is 15.3 Å². The van der Waals surface area contributed by atoms with Crippen molar-refractivity contribution in [1.29, 1.82) is 0 Å². The van der Waals surface area contributed by atoms with E-state index in [2.05, 4.69) is 24.1 Å². The van der Waals surface area contributed by atoms with Crippen LogP contribution in [0.4, 0.5) is 0 Å². The van der Waals surface area contributed by atoms with Gasteiger partial charge in [0.1, 0.15) is 0 Å². The van der Waals surface area contributed by atoms with Gasteiger partial charge >= 0.3 is 0 Å². The Balaban J connectivity index is 2.11. The van der Waals surface area contributed by atoms with Gasteiger partial charge < -0.3 is 5.32 Å². The Kier molecular flexibility index (Phi) is 5.04. The van der Waals surface area contributed by atoms with Crippen LogP contribution in [0.15, 0.2) is 0 Å². The maximum atomic E-state index is 3.41. The number of rotatable bonds is 4. The third-order valence-electron chi connectivity index (χ3n) is 2.37. The van der Waals surface area contributed by atoms with Crippen molar-refractivity contribution in [3.63, 3.8) is 0 Å². The van der Waals surface area contributed by atoms with E-state index in [-0.39, 0.29) is 0 Å². The standard InChI is InChI=1S/C9H20N2S/c1-3-12-7-6-11-5-4-10-8-9(11)2/h9-10H,3-8H2,1-2H3. The van der Waals surface area contributed by atoms with Gasteiger partial charge in [0.05, 0.1) is 0 Å². The number of nitrogens with zero attached hydrogens (tertiary/aromatic N) is 1. The van der Waals surface area contributed by atoms with Crippen LogP contribution < -0.4 is 5.32 Å². The molecule has 1 atom stereocenters. The van der Waals surface area contributed by atoms with Crippen LogP contribution in [0.3, 0.4) is 0 Å². The smallest absolute Gasteiger partial charge is 0.0193 e. The minimum atomic E-state index is 0.733. The zero-order chi connectivity index (χ0) is 8.81. The molecule has 1 N–H and O–H groups in total. The first-order chi connectivity index (χ1) is 5.84. The predicted octanol–water partition coefficient (Wildman–Crippen LogP) is 1.03. The van der Waals surface area contributed by atoms with E-state index in [4.69, 9.17) is 0 Å². The first-order valence-electron chi connectivity index (χ1n) is 4.87. The molecule has 1 heterocycles. The summed E-state index contributed by atoms with van der Waals surface area (Å²) in [4.78, 5) is 2.58. The third-order valence-corrected chi connectivity index (χ3v) is 3.25. The Bertz CT molecular complexity index is 119. The molecular weight excluding hydrogens is 168 g/mol. The molecule has 0 aromatic carbocycles. The maximum Gasteiger partial charge on any atom is 0.0193 e. The molecule has 2 nitrogen and oxygen atoms in total. The van der Waals surface area contributed by atoms with Gasteiger partial charge in [-0.1, -0.05) is 6.92 Å². The second kappa shape index (κ2) is 5.84. The van der Waals surface area contributed by atoms with Gasteiger partial charge in [-0.3, -0.25) is 4.90 Å². The molecule has 72 valence electrons. The predicted molar refractivity (Wildman–Crippen MR) is 56.9 cm³/mol. The molecule has 0 bridgehead atoms. The molecular formula is C9H20N2S. The molecule has 3 heteroatoms. The molecule has 1 unspecified atom stereocenters. The van der Waals surface area contributed by atoms with Crippen LogP contribution in [0.2, 0.25) is 0 Å². The minimum absolute atomic E-state index is 0.733. The first-order valence-corrected chi connectivity index (χ1v) is 6.02. The summed E-state index contributed by atoms with van der Waals surface area (Å²) < 4.78 is 0. The molecule has 0 spiro atoms. The van der Waals surface area contributed by atoms with Crippen molar-refractivity contribution in [2.45, 2.75) is 19.9 Å². The lowest BCUT2D eigenvalue weighted by atomic mass is 10.2. The highest BCUT2D eigenvalue weighted by atomic mass is 32.2. The summed E-state index contributed by atoms with van der Waals surface area (Å²) in [6.07, 6.45) is 0. The molecule has 1 aliphatic rings. The van der Waals surface area contributed by atoms with Crippen LogP contribution in [-0.4, -0.2) is 48.6 Å². The Labute approximate surface area is 80.1 Å². The van der Waals surface area contributed by atoms with Crippen LogP contribution in [-0.2, 0) is 0 Å². The van der Waals surface area contributed by atoms with Gasteiger partial charge in [-0.2, -0.15) is 11.8 Å². The average molecular weight is 188 g/mol. The van der Waals surface area contributed by atoms with Gasteiger partial charge in [0, 0.05) is 38.0 Å². The number of hydrogen-bond donors (Lipinski definition) is 1. The van der Waals surface area contributed by atoms with Gasteiger partial charge in [0.2, 0.25) is 0 Å². The molecule has 0 amide bonds. The van der Waals surface area contributed by atoms with Crippen molar-refractivity contribution < 1.29 is 0 Å². The lowest BCUT2D eigenvalue weighted by molar-refractivity contribution is 0.185. The molecule has 0 aromatic rings. The van der Waals surface area contributed by atoms with Gasteiger partial charge in [-0.15, -0.1) is 0 Å². The van der Waals surface area contributed by atoms with Gasteiger partial charge in [-0.25, -0.2) is 0 Å². The fourth-order valence-corrected chi connectivity index (χ4v) is 2.19. The van der Waals surface area contributed by atoms with E-state index in [1.54, 1.807) is 0 Å². The number of nitrogens with one attached hydrogen (secondary N) is 1. The first kappa shape index (κ1) is 10.4. The minimum Gasteiger partial charge on any atom is -0.314 e. The lowest BCUT2D eigenvalue weighted by Crippen LogP contribution is -2.50. The fourth-order valence-electron chi connectivity index (χ4n) is 1.54. The molecule has 0 saturated carbocycles. The summed E-state index contributed by atoms with van der Waals surface area (Å²) in [7, 11) is 0. The van der Waals surface area contributed by atoms with Crippen molar-refractivity contribution in [3.05, 3.63) is 0 Å². The lowest BCUT2D eigenvalue weighted by Gasteiger charge is -2.33. The quantitative estimate of drug-likeness (QED) is 0.664. The molecule has 1 fully saturated rings. The van der Waals surface area contributed by atoms with Crippen LogP contribution in [0.1, 0.15) is 13.8 Å². The number of piperazine rings is 1. The van der Waals surface area contributed by atoms with Gasteiger partial charge in [0.15, 0.2) is 0 Å². The zero-order valence-corrected chi connectivity index (χ0v) is 8.99. The van der Waals surface area contributed by atoms with E-state index in [1.165, 1.54) is 31.1 Å². The normalized spacial score (nSPS) is 26.0. The van der Waals surface area contributed by atoms with Crippen LogP contribution in [0.5, 0.6) is 0 Å². The highest BCUT2D eigenvalue weighted by Gasteiger charge is 2.16. The summed E-state index contributed by atoms with van der Waals surface area (Å²) >= 11 is 2.04. The Morgan fingerprint density at radius 2 is 2.42 bits per heavy atom. The van der Waals surface area contributed by atoms with Crippen molar-refractivity contribution in [2.24, 2.45) is 0 Å². The van der Waals surface area contributed by atoms with E-state index in [9.17, 15) is 0 Å². The van der Waals surface area contributed by atoms with Gasteiger partial charge in [0.25, 0.3) is 0 Å². The highest BCUT2D eigenvalue weighted by molar-refractivity contribution is 7.99. The maximum absolute atomic E-state index is 3.41. The summed E-state index contributed by atoms with van der Waals surface area (Å²) in [5.74, 6) is 2.54. The van der Waals surface area contributed by atoms with Crippen molar-refractivity contribution in [2.75, 3.05) is 37.7 Å². The highest BCUT2D eigenvalue weighted by Crippen LogP contribution is 2.05. The Morgan fingerprint density at radius 3 is 3.08 bits per heavy atom. The van der Waals surface area contributed by atoms with Crippen LogP contribution in [0.25, 0.3) is 0 Å². The summed E-state index contributed by atoms with van der Waals surface area (Å²) in [5.41, 5.74) is 0. The largest absolute Gasteiger partial charge is 0.314 e. The summed E-state index contributed by atoms with van der Waals surface area (Å²) in [6.45, 7) is 9.36. The summed E-state index contributed by atoms with van der Waals surface area (Å²) in [6, 6.07) is 0.733. The molecule has 1 saturated heterocycles.